The maximum atomic E-state index is 9.30. The van der Waals surface area contributed by atoms with Crippen LogP contribution in [-0.4, -0.2) is 17.1 Å². The molecule has 0 radical (unpaired) electrons. The molecule has 0 bridgehead atoms. The second-order valence-electron chi connectivity index (χ2n) is 4.88. The zero-order valence-electron chi connectivity index (χ0n) is 11.7. The van der Waals surface area contributed by atoms with Gasteiger partial charge in [0, 0.05) is 18.3 Å². The van der Waals surface area contributed by atoms with Gasteiger partial charge in [-0.05, 0) is 36.4 Å². The first-order valence-corrected chi connectivity index (χ1v) is 6.72. The van der Waals surface area contributed by atoms with Crippen LogP contribution in [0.1, 0.15) is 5.69 Å². The van der Waals surface area contributed by atoms with Gasteiger partial charge in [-0.25, -0.2) is 4.98 Å². The first-order chi connectivity index (χ1) is 10.2. The van der Waals surface area contributed by atoms with Gasteiger partial charge >= 0.3 is 0 Å². The Bertz CT molecular complexity index is 705. The summed E-state index contributed by atoms with van der Waals surface area (Å²) < 4.78 is 5.51. The third-order valence-corrected chi connectivity index (χ3v) is 3.26. The molecule has 0 aliphatic heterocycles. The number of anilines is 1. The summed E-state index contributed by atoms with van der Waals surface area (Å²) in [5.74, 6) is 0.792. The molecule has 21 heavy (non-hydrogen) atoms. The fourth-order valence-corrected chi connectivity index (χ4v) is 2.13. The molecule has 0 saturated carbocycles. The van der Waals surface area contributed by atoms with E-state index in [1.165, 1.54) is 0 Å². The molecular formula is C17H16N2O2. The molecule has 0 aliphatic carbocycles. The molecule has 0 saturated heterocycles. The minimum Gasteiger partial charge on any atom is -0.508 e. The largest absolute Gasteiger partial charge is 0.508 e. The summed E-state index contributed by atoms with van der Waals surface area (Å²) >= 11 is 0. The van der Waals surface area contributed by atoms with Gasteiger partial charge in [0.05, 0.1) is 12.2 Å². The molecule has 106 valence electrons. The summed E-state index contributed by atoms with van der Waals surface area (Å²) in [6.45, 7) is 0.672. The maximum absolute atomic E-state index is 9.30. The van der Waals surface area contributed by atoms with Gasteiger partial charge < -0.3 is 14.4 Å². The Labute approximate surface area is 123 Å². The monoisotopic (exact) mass is 280 g/mol. The molecule has 0 aliphatic rings. The van der Waals surface area contributed by atoms with Crippen LogP contribution in [0.5, 0.6) is 5.75 Å². The molecule has 1 aromatic heterocycles. The van der Waals surface area contributed by atoms with E-state index in [0.29, 0.717) is 12.4 Å². The molecule has 4 nitrogen and oxygen atoms in total. The van der Waals surface area contributed by atoms with Crippen molar-refractivity contribution in [2.24, 2.45) is 0 Å². The molecule has 0 spiro atoms. The smallest absolute Gasteiger partial charge is 0.226 e. The van der Waals surface area contributed by atoms with Crippen LogP contribution >= 0.6 is 0 Å². The fourth-order valence-electron chi connectivity index (χ4n) is 2.13. The Morgan fingerprint density at radius 3 is 2.48 bits per heavy atom. The van der Waals surface area contributed by atoms with Crippen molar-refractivity contribution in [1.82, 2.24) is 4.98 Å². The number of aromatic hydroxyl groups is 1. The zero-order chi connectivity index (χ0) is 14.7. The van der Waals surface area contributed by atoms with E-state index in [1.807, 2.05) is 25.2 Å². The Morgan fingerprint density at radius 2 is 1.76 bits per heavy atom. The van der Waals surface area contributed by atoms with Crippen molar-refractivity contribution in [1.29, 1.82) is 0 Å². The van der Waals surface area contributed by atoms with Crippen LogP contribution in [0.25, 0.3) is 11.5 Å². The number of phenols is 1. The van der Waals surface area contributed by atoms with Crippen LogP contribution in [0, 0.1) is 0 Å². The van der Waals surface area contributed by atoms with Crippen LogP contribution in [-0.2, 0) is 6.54 Å². The number of rotatable bonds is 4. The molecule has 4 heteroatoms. The molecule has 1 N–H and O–H groups in total. The van der Waals surface area contributed by atoms with Crippen molar-refractivity contribution in [3.8, 4) is 17.2 Å². The van der Waals surface area contributed by atoms with Gasteiger partial charge in [0.25, 0.3) is 0 Å². The number of benzene rings is 2. The lowest BCUT2D eigenvalue weighted by Gasteiger charge is -2.17. The normalized spacial score (nSPS) is 10.5. The third-order valence-electron chi connectivity index (χ3n) is 3.26. The quantitative estimate of drug-likeness (QED) is 0.792. The number of phenolic OH excluding ortho intramolecular Hbond substituents is 1. The Hall–Kier alpha value is -2.75. The summed E-state index contributed by atoms with van der Waals surface area (Å²) in [6.07, 6.45) is 1.67. The van der Waals surface area contributed by atoms with E-state index in [2.05, 4.69) is 22.0 Å². The molecule has 0 atom stereocenters. The van der Waals surface area contributed by atoms with E-state index in [1.54, 1.807) is 30.5 Å². The highest BCUT2D eigenvalue weighted by Gasteiger charge is 2.09. The minimum atomic E-state index is 0.231. The van der Waals surface area contributed by atoms with Crippen molar-refractivity contribution >= 4 is 5.69 Å². The second kappa shape index (κ2) is 5.71. The highest BCUT2D eigenvalue weighted by Crippen LogP contribution is 2.22. The number of oxazole rings is 1. The molecule has 0 amide bonds. The molecular weight excluding hydrogens is 264 g/mol. The summed E-state index contributed by atoms with van der Waals surface area (Å²) in [6, 6.07) is 16.9. The van der Waals surface area contributed by atoms with Crippen LogP contribution in [0.3, 0.4) is 0 Å². The van der Waals surface area contributed by atoms with Gasteiger partial charge in [0.1, 0.15) is 12.0 Å². The van der Waals surface area contributed by atoms with E-state index in [9.17, 15) is 5.11 Å². The predicted octanol–water partition coefficient (Wildman–Crippen LogP) is 3.68. The highest BCUT2D eigenvalue weighted by molar-refractivity contribution is 5.54. The van der Waals surface area contributed by atoms with Crippen molar-refractivity contribution in [3.05, 3.63) is 66.6 Å². The van der Waals surface area contributed by atoms with E-state index in [4.69, 9.17) is 4.42 Å². The number of hydrogen-bond acceptors (Lipinski definition) is 4. The van der Waals surface area contributed by atoms with Gasteiger partial charge in [-0.2, -0.15) is 0 Å². The minimum absolute atomic E-state index is 0.231. The van der Waals surface area contributed by atoms with Gasteiger partial charge in [0.2, 0.25) is 5.89 Å². The molecule has 3 rings (SSSR count). The number of nitrogens with zero attached hydrogens (tertiary/aromatic N) is 2. The van der Waals surface area contributed by atoms with Gasteiger partial charge in [-0.1, -0.05) is 18.2 Å². The Morgan fingerprint density at radius 1 is 1.05 bits per heavy atom. The third kappa shape index (κ3) is 3.05. The van der Waals surface area contributed by atoms with E-state index >= 15 is 0 Å². The average molecular weight is 280 g/mol. The van der Waals surface area contributed by atoms with Crippen LogP contribution in [0.15, 0.2) is 65.3 Å². The Balaban J connectivity index is 1.75. The van der Waals surface area contributed by atoms with Crippen LogP contribution in [0.2, 0.25) is 0 Å². The van der Waals surface area contributed by atoms with Gasteiger partial charge in [0.15, 0.2) is 0 Å². The fraction of sp³-hybridized carbons (Fsp3) is 0.118. The van der Waals surface area contributed by atoms with Gasteiger partial charge in [-0.3, -0.25) is 0 Å². The lowest BCUT2D eigenvalue weighted by Crippen LogP contribution is -2.16. The summed E-state index contributed by atoms with van der Waals surface area (Å²) in [7, 11) is 2.02. The number of hydrogen-bond donors (Lipinski definition) is 1. The predicted molar refractivity (Wildman–Crippen MR) is 82.2 cm³/mol. The Kier molecular flexibility index (Phi) is 3.60. The SMILES string of the molecule is CN(Cc1coc(-c2ccc(O)cc2)n1)c1ccccc1. The van der Waals surface area contributed by atoms with Crippen LogP contribution < -0.4 is 4.90 Å². The number of aromatic nitrogens is 1. The van der Waals surface area contributed by atoms with E-state index in [0.717, 1.165) is 16.9 Å². The van der Waals surface area contributed by atoms with Crippen molar-refractivity contribution in [2.75, 3.05) is 11.9 Å². The summed E-state index contributed by atoms with van der Waals surface area (Å²) in [4.78, 5) is 6.60. The first-order valence-electron chi connectivity index (χ1n) is 6.72. The molecule has 0 fully saturated rings. The summed E-state index contributed by atoms with van der Waals surface area (Å²) in [5, 5.41) is 9.30. The average Bonchev–Trinajstić information content (AvgIpc) is 2.97. The molecule has 2 aromatic carbocycles. The van der Waals surface area contributed by atoms with E-state index in [-0.39, 0.29) is 5.75 Å². The first kappa shape index (κ1) is 13.2. The van der Waals surface area contributed by atoms with Crippen molar-refractivity contribution < 1.29 is 9.52 Å². The lowest BCUT2D eigenvalue weighted by molar-refractivity contribution is 0.475. The van der Waals surface area contributed by atoms with Crippen LogP contribution in [0.4, 0.5) is 5.69 Å². The molecule has 3 aromatic rings. The molecule has 1 heterocycles. The lowest BCUT2D eigenvalue weighted by atomic mass is 10.2. The van der Waals surface area contributed by atoms with Crippen molar-refractivity contribution in [3.63, 3.8) is 0 Å². The van der Waals surface area contributed by atoms with Crippen molar-refractivity contribution in [2.45, 2.75) is 6.54 Å². The zero-order valence-corrected chi connectivity index (χ0v) is 11.7. The van der Waals surface area contributed by atoms with E-state index < -0.39 is 0 Å². The number of para-hydroxylation sites is 1. The molecule has 0 unspecified atom stereocenters. The topological polar surface area (TPSA) is 49.5 Å². The maximum Gasteiger partial charge on any atom is 0.226 e. The summed E-state index contributed by atoms with van der Waals surface area (Å²) in [5.41, 5.74) is 2.84. The standard InChI is InChI=1S/C17H16N2O2/c1-19(15-5-3-2-4-6-15)11-14-12-21-17(18-14)13-7-9-16(20)10-8-13/h2-10,12,20H,11H2,1H3. The highest BCUT2D eigenvalue weighted by atomic mass is 16.3. The van der Waals surface area contributed by atoms with Gasteiger partial charge in [-0.15, -0.1) is 0 Å². The second-order valence-corrected chi connectivity index (χ2v) is 4.88.